The SMILES string of the molecule is Cc1ncccc1Oc1ncnc(OC2CC3C=CC(C2)N3)c1C.Cc1ncccc1Oc1ncnc(OC2CC3C=CC(C2)N3S(=O)(=O)C2CC2)c1C.O=S(=O)(Cl)C1CC1. The Labute approximate surface area is 360 Å². The number of nitrogens with zero attached hydrogens (tertiary/aromatic N) is 7. The van der Waals surface area contributed by atoms with Crippen molar-refractivity contribution in [3.8, 4) is 35.0 Å². The van der Waals surface area contributed by atoms with Gasteiger partial charge in [0.1, 0.15) is 24.9 Å². The van der Waals surface area contributed by atoms with Crippen molar-refractivity contribution in [3.05, 3.63) is 96.1 Å². The minimum Gasteiger partial charge on any atom is -0.474 e. The van der Waals surface area contributed by atoms with E-state index in [9.17, 15) is 16.8 Å². The van der Waals surface area contributed by atoms with Crippen LogP contribution in [0, 0.1) is 27.7 Å². The maximum absolute atomic E-state index is 12.8. The molecule has 2 aliphatic carbocycles. The van der Waals surface area contributed by atoms with E-state index >= 15 is 0 Å². The second-order valence-electron chi connectivity index (χ2n) is 16.1. The van der Waals surface area contributed by atoms with E-state index in [1.165, 1.54) is 12.7 Å². The molecule has 61 heavy (non-hydrogen) atoms. The number of halogens is 1. The second-order valence-corrected chi connectivity index (χ2v) is 21.1. The zero-order chi connectivity index (χ0) is 42.9. The predicted octanol–water partition coefficient (Wildman–Crippen LogP) is 6.36. The highest BCUT2D eigenvalue weighted by atomic mass is 35.7. The van der Waals surface area contributed by atoms with Crippen molar-refractivity contribution in [1.29, 1.82) is 0 Å². The van der Waals surface area contributed by atoms with Crippen molar-refractivity contribution < 1.29 is 35.8 Å². The van der Waals surface area contributed by atoms with Crippen LogP contribution in [-0.2, 0) is 19.1 Å². The average Bonchev–Trinajstić information content (AvgIpc) is 4.16. The summed E-state index contributed by atoms with van der Waals surface area (Å²) >= 11 is 0. The summed E-state index contributed by atoms with van der Waals surface area (Å²) in [4.78, 5) is 25.5. The number of rotatable bonds is 11. The molecule has 4 aliphatic heterocycles. The minimum absolute atomic E-state index is 0.123. The molecule has 0 radical (unpaired) electrons. The van der Waals surface area contributed by atoms with Crippen LogP contribution < -0.4 is 24.3 Å². The lowest BCUT2D eigenvalue weighted by Crippen LogP contribution is -2.50. The molecule has 4 bridgehead atoms. The van der Waals surface area contributed by atoms with Crippen LogP contribution in [0.25, 0.3) is 0 Å². The van der Waals surface area contributed by atoms with Gasteiger partial charge < -0.3 is 24.3 Å². The van der Waals surface area contributed by atoms with Gasteiger partial charge in [-0.2, -0.15) is 4.31 Å². The molecule has 324 valence electrons. The molecular formula is C42H49ClN8O8S2. The number of nitrogens with one attached hydrogen (secondary N) is 1. The van der Waals surface area contributed by atoms with Crippen LogP contribution in [0.2, 0.25) is 0 Å². The molecule has 19 heteroatoms. The van der Waals surface area contributed by atoms with Gasteiger partial charge in [-0.15, -0.1) is 0 Å². The largest absolute Gasteiger partial charge is 0.474 e. The fourth-order valence-corrected chi connectivity index (χ4v) is 11.1. The Balaban J connectivity index is 0.000000148. The first kappa shape index (κ1) is 42.9. The summed E-state index contributed by atoms with van der Waals surface area (Å²) in [7, 11) is -1.47. The standard InChI is InChI=1S/C21H24N4O4S.C18H20N4O2.C3H5ClO2S/c1-13-20(23-12-24-21(13)29-19-4-3-9-22-14(19)2)28-17-10-15-5-6-16(11-17)25(15)30(26,27)18-7-8-18;1-11-17(23-15-8-13-5-6-14(9-15)22-13)20-10-21-18(11)24-16-4-3-7-19-12(16)2;4-7(5,6)3-1-2-3/h3-6,9,12,15-18H,7-8,10-11H2,1-2H3;3-7,10,13-15,22H,8-9H2,1-2H3;3H,1-2H2. The number of aromatic nitrogens is 6. The zero-order valence-electron chi connectivity index (χ0n) is 34.3. The minimum atomic E-state index is -3.21. The maximum Gasteiger partial charge on any atom is 0.235 e. The quantitative estimate of drug-likeness (QED) is 0.129. The predicted molar refractivity (Wildman–Crippen MR) is 227 cm³/mol. The van der Waals surface area contributed by atoms with E-state index in [1.54, 1.807) is 16.7 Å². The molecule has 4 fully saturated rings. The van der Waals surface area contributed by atoms with Gasteiger partial charge in [-0.05, 0) is 77.6 Å². The molecule has 10 rings (SSSR count). The highest BCUT2D eigenvalue weighted by Crippen LogP contribution is 2.41. The Hall–Kier alpha value is -4.75. The fraction of sp³-hybridized carbons (Fsp3) is 0.476. The maximum atomic E-state index is 12.8. The first-order chi connectivity index (χ1) is 29.2. The molecule has 2 saturated heterocycles. The molecule has 4 unspecified atom stereocenters. The number of piperidine rings is 2. The van der Waals surface area contributed by atoms with E-state index in [0.29, 0.717) is 65.5 Å². The van der Waals surface area contributed by atoms with E-state index in [2.05, 4.69) is 47.4 Å². The second kappa shape index (κ2) is 17.9. The van der Waals surface area contributed by atoms with Gasteiger partial charge in [0.25, 0.3) is 0 Å². The van der Waals surface area contributed by atoms with Gasteiger partial charge in [0.15, 0.2) is 11.5 Å². The monoisotopic (exact) mass is 892 g/mol. The van der Waals surface area contributed by atoms with E-state index in [1.807, 2.05) is 64.1 Å². The van der Waals surface area contributed by atoms with Crippen molar-refractivity contribution in [2.45, 2.75) is 126 Å². The molecule has 2 saturated carbocycles. The third-order valence-electron chi connectivity index (χ3n) is 11.3. The van der Waals surface area contributed by atoms with Crippen LogP contribution in [0.1, 0.15) is 73.9 Å². The third kappa shape index (κ3) is 10.3. The van der Waals surface area contributed by atoms with Gasteiger partial charge in [-0.3, -0.25) is 9.97 Å². The number of hydrogen-bond donors (Lipinski definition) is 1. The molecule has 8 heterocycles. The number of pyridine rings is 2. The smallest absolute Gasteiger partial charge is 0.235 e. The van der Waals surface area contributed by atoms with Gasteiger partial charge in [0, 0.05) is 72.9 Å². The van der Waals surface area contributed by atoms with Crippen LogP contribution in [0.4, 0.5) is 0 Å². The van der Waals surface area contributed by atoms with Crippen molar-refractivity contribution in [2.75, 3.05) is 0 Å². The number of fused-ring (bicyclic) bond motifs is 4. The molecule has 4 atom stereocenters. The van der Waals surface area contributed by atoms with E-state index in [4.69, 9.17) is 29.6 Å². The number of sulfonamides is 1. The molecule has 0 aromatic carbocycles. The lowest BCUT2D eigenvalue weighted by molar-refractivity contribution is 0.0979. The third-order valence-corrected chi connectivity index (χ3v) is 15.8. The van der Waals surface area contributed by atoms with Gasteiger partial charge in [0.05, 0.1) is 33.0 Å². The normalized spacial score (nSPS) is 25.1. The van der Waals surface area contributed by atoms with Gasteiger partial charge in [-0.25, -0.2) is 36.8 Å². The lowest BCUT2D eigenvalue weighted by atomic mass is 10.0. The summed E-state index contributed by atoms with van der Waals surface area (Å²) in [5.41, 5.74) is 3.09. The number of ether oxygens (including phenoxy) is 4. The van der Waals surface area contributed by atoms with Crippen LogP contribution in [0.5, 0.6) is 35.0 Å². The van der Waals surface area contributed by atoms with Crippen molar-refractivity contribution in [2.24, 2.45) is 0 Å². The van der Waals surface area contributed by atoms with Crippen LogP contribution in [0.3, 0.4) is 0 Å². The average molecular weight is 893 g/mol. The van der Waals surface area contributed by atoms with E-state index in [-0.39, 0.29) is 34.8 Å². The highest BCUT2D eigenvalue weighted by Gasteiger charge is 2.50. The Morgan fingerprint density at radius 3 is 1.46 bits per heavy atom. The van der Waals surface area contributed by atoms with Gasteiger partial charge in [0.2, 0.25) is 42.6 Å². The molecule has 1 N–H and O–H groups in total. The highest BCUT2D eigenvalue weighted by molar-refractivity contribution is 8.14. The molecule has 4 aromatic rings. The topological polar surface area (TPSA) is 198 Å². The number of hydrogen-bond acceptors (Lipinski definition) is 15. The molecule has 4 aromatic heterocycles. The van der Waals surface area contributed by atoms with Crippen molar-refractivity contribution in [1.82, 2.24) is 39.5 Å². The Kier molecular flexibility index (Phi) is 12.6. The van der Waals surface area contributed by atoms with E-state index < -0.39 is 19.1 Å². The molecule has 0 spiro atoms. The van der Waals surface area contributed by atoms with E-state index in [0.717, 1.165) is 55.5 Å². The van der Waals surface area contributed by atoms with Crippen LogP contribution >= 0.6 is 10.7 Å². The van der Waals surface area contributed by atoms with Gasteiger partial charge >= 0.3 is 0 Å². The van der Waals surface area contributed by atoms with Crippen molar-refractivity contribution in [3.63, 3.8) is 0 Å². The number of aryl methyl sites for hydroxylation is 2. The molecule has 0 amide bonds. The summed E-state index contributed by atoms with van der Waals surface area (Å²) < 4.78 is 71.7. The summed E-state index contributed by atoms with van der Waals surface area (Å²) in [6, 6.07) is 7.89. The van der Waals surface area contributed by atoms with Crippen LogP contribution in [0.15, 0.2) is 73.6 Å². The molecule has 16 nitrogen and oxygen atoms in total. The van der Waals surface area contributed by atoms with Gasteiger partial charge in [-0.1, -0.05) is 24.3 Å². The molecule has 6 aliphatic rings. The Morgan fingerprint density at radius 2 is 1.05 bits per heavy atom. The zero-order valence-corrected chi connectivity index (χ0v) is 36.7. The summed E-state index contributed by atoms with van der Waals surface area (Å²) in [5.74, 6) is 3.30. The van der Waals surface area contributed by atoms with Crippen LogP contribution in [-0.4, -0.2) is 97.9 Å². The molecular weight excluding hydrogens is 844 g/mol. The summed E-state index contributed by atoms with van der Waals surface area (Å²) in [6.45, 7) is 7.55. The Bertz CT molecular complexity index is 2490. The summed E-state index contributed by atoms with van der Waals surface area (Å²) in [5, 5.41) is 3.11. The Morgan fingerprint density at radius 1 is 0.607 bits per heavy atom. The first-order valence-corrected chi connectivity index (χ1v) is 24.3. The lowest BCUT2D eigenvalue weighted by Gasteiger charge is -2.38. The van der Waals surface area contributed by atoms with Crippen molar-refractivity contribution >= 4 is 29.8 Å². The fourth-order valence-electron chi connectivity index (χ4n) is 7.70. The summed E-state index contributed by atoms with van der Waals surface area (Å²) in [6.07, 6.45) is 21.0. The first-order valence-electron chi connectivity index (χ1n) is 20.5.